The van der Waals surface area contributed by atoms with Crippen molar-refractivity contribution in [3.63, 3.8) is 0 Å². The van der Waals surface area contributed by atoms with Gasteiger partial charge in [0, 0.05) is 41.7 Å². The molecule has 3 saturated carbocycles. The summed E-state index contributed by atoms with van der Waals surface area (Å²) in [6.45, 7) is 0.792. The van der Waals surface area contributed by atoms with Gasteiger partial charge in [-0.2, -0.15) is 0 Å². The van der Waals surface area contributed by atoms with E-state index in [2.05, 4.69) is 64.1 Å². The van der Waals surface area contributed by atoms with Crippen molar-refractivity contribution in [3.8, 4) is 0 Å². The first-order valence-corrected chi connectivity index (χ1v) is 14.5. The van der Waals surface area contributed by atoms with Crippen molar-refractivity contribution < 1.29 is 9.59 Å². The Morgan fingerprint density at radius 3 is 2.42 bits per heavy atom. The number of rotatable bonds is 4. The van der Waals surface area contributed by atoms with Crippen molar-refractivity contribution in [1.29, 1.82) is 0 Å². The molecular weight excluding hydrogens is 470 g/mol. The number of nitrogens with zero attached hydrogens (tertiary/aromatic N) is 1. The smallest absolute Gasteiger partial charge is 0.251 e. The highest BCUT2D eigenvalue weighted by molar-refractivity contribution is 5.95. The molecule has 38 heavy (non-hydrogen) atoms. The molecule has 0 aromatic heterocycles. The number of likely N-dealkylation sites (tertiary alicyclic amines) is 1. The summed E-state index contributed by atoms with van der Waals surface area (Å²) in [5.41, 5.74) is 3.09. The first-order chi connectivity index (χ1) is 18.7. The molecule has 0 radical (unpaired) electrons. The molecule has 196 valence electrons. The lowest BCUT2D eigenvalue weighted by Crippen LogP contribution is -2.59. The summed E-state index contributed by atoms with van der Waals surface area (Å²) in [7, 11) is 0. The van der Waals surface area contributed by atoms with Crippen LogP contribution in [0.1, 0.15) is 60.5 Å². The number of para-hydroxylation sites is 1. The fourth-order valence-corrected chi connectivity index (χ4v) is 8.33. The monoisotopic (exact) mass is 507 g/mol. The minimum Gasteiger partial charge on any atom is -0.381 e. The average molecular weight is 508 g/mol. The zero-order valence-corrected chi connectivity index (χ0v) is 21.8. The predicted octanol–water partition coefficient (Wildman–Crippen LogP) is 5.74. The second kappa shape index (κ2) is 9.76. The van der Waals surface area contributed by atoms with Gasteiger partial charge in [0.25, 0.3) is 5.91 Å². The SMILES string of the molecule is O=C(N[C@H]1C2CCC(CC2)[C@H]1C(=O)N1CC[C@@H]2[C@H](C3C=CC=CC3)Nc3ccccc3[C@@H]21)c1ccccc1. The molecular formula is C33H37N3O2. The summed E-state index contributed by atoms with van der Waals surface area (Å²) < 4.78 is 0. The summed E-state index contributed by atoms with van der Waals surface area (Å²) in [6.07, 6.45) is 15.4. The average Bonchev–Trinajstić information content (AvgIpc) is 3.43. The molecule has 4 fully saturated rings. The highest BCUT2D eigenvalue weighted by Crippen LogP contribution is 2.52. The Kier molecular flexibility index (Phi) is 6.10. The van der Waals surface area contributed by atoms with Crippen LogP contribution in [0.4, 0.5) is 5.69 Å². The summed E-state index contributed by atoms with van der Waals surface area (Å²) in [6, 6.07) is 18.4. The maximum atomic E-state index is 14.6. The molecule has 2 N–H and O–H groups in total. The molecule has 6 atom stereocenters. The minimum atomic E-state index is -0.132. The van der Waals surface area contributed by atoms with Crippen molar-refractivity contribution in [2.75, 3.05) is 11.9 Å². The van der Waals surface area contributed by atoms with Gasteiger partial charge in [0.15, 0.2) is 0 Å². The molecule has 1 unspecified atom stereocenters. The van der Waals surface area contributed by atoms with Crippen LogP contribution in [0, 0.1) is 29.6 Å². The molecule has 2 heterocycles. The summed E-state index contributed by atoms with van der Waals surface area (Å²) in [5.74, 6) is 1.63. The van der Waals surface area contributed by atoms with E-state index in [1.807, 2.05) is 30.3 Å². The first kappa shape index (κ1) is 23.8. The van der Waals surface area contributed by atoms with E-state index in [0.717, 1.165) is 45.1 Å². The molecule has 0 spiro atoms. The van der Waals surface area contributed by atoms with E-state index in [0.29, 0.717) is 35.3 Å². The highest BCUT2D eigenvalue weighted by Gasteiger charge is 2.53. The number of carbonyl (C=O) groups excluding carboxylic acids is 2. The van der Waals surface area contributed by atoms with Gasteiger partial charge in [-0.25, -0.2) is 0 Å². The van der Waals surface area contributed by atoms with Crippen LogP contribution in [0.2, 0.25) is 0 Å². The molecule has 2 amide bonds. The normalized spacial score (nSPS) is 34.8. The van der Waals surface area contributed by atoms with E-state index in [-0.39, 0.29) is 29.8 Å². The van der Waals surface area contributed by atoms with Gasteiger partial charge in [-0.1, -0.05) is 60.7 Å². The van der Waals surface area contributed by atoms with Crippen molar-refractivity contribution in [2.45, 2.75) is 56.7 Å². The first-order valence-electron chi connectivity index (χ1n) is 14.5. The van der Waals surface area contributed by atoms with Crippen LogP contribution in [0.5, 0.6) is 0 Å². The molecule has 2 aromatic rings. The van der Waals surface area contributed by atoms with Crippen LogP contribution in [0.25, 0.3) is 0 Å². The number of nitrogens with one attached hydrogen (secondary N) is 2. The number of benzene rings is 2. The third-order valence-corrected chi connectivity index (χ3v) is 10.1. The van der Waals surface area contributed by atoms with Gasteiger partial charge in [0.2, 0.25) is 5.91 Å². The summed E-state index contributed by atoms with van der Waals surface area (Å²) in [5, 5.41) is 7.23. The lowest BCUT2D eigenvalue weighted by molar-refractivity contribution is -0.144. The maximum Gasteiger partial charge on any atom is 0.251 e. The zero-order chi connectivity index (χ0) is 25.6. The van der Waals surface area contributed by atoms with E-state index in [1.165, 1.54) is 11.3 Å². The van der Waals surface area contributed by atoms with Gasteiger partial charge in [-0.15, -0.1) is 0 Å². The largest absolute Gasteiger partial charge is 0.381 e. The Labute approximate surface area is 225 Å². The van der Waals surface area contributed by atoms with E-state index in [4.69, 9.17) is 0 Å². The van der Waals surface area contributed by atoms with Gasteiger partial charge in [0.1, 0.15) is 0 Å². The predicted molar refractivity (Wildman–Crippen MR) is 149 cm³/mol. The van der Waals surface area contributed by atoms with E-state index < -0.39 is 0 Å². The molecule has 8 rings (SSSR count). The van der Waals surface area contributed by atoms with Crippen molar-refractivity contribution >= 4 is 17.5 Å². The molecule has 2 bridgehead atoms. The van der Waals surface area contributed by atoms with Gasteiger partial charge in [0.05, 0.1) is 12.0 Å². The molecule has 2 aromatic carbocycles. The van der Waals surface area contributed by atoms with Crippen LogP contribution in [-0.4, -0.2) is 35.3 Å². The Balaban J connectivity index is 1.19. The van der Waals surface area contributed by atoms with Crippen LogP contribution >= 0.6 is 0 Å². The fourth-order valence-electron chi connectivity index (χ4n) is 8.33. The third-order valence-electron chi connectivity index (χ3n) is 10.1. The number of allylic oxidation sites excluding steroid dienone is 3. The van der Waals surface area contributed by atoms with Crippen molar-refractivity contribution in [2.24, 2.45) is 29.6 Å². The number of anilines is 1. The van der Waals surface area contributed by atoms with E-state index in [1.54, 1.807) is 0 Å². The highest BCUT2D eigenvalue weighted by atomic mass is 16.2. The minimum absolute atomic E-state index is 0.0512. The van der Waals surface area contributed by atoms with Gasteiger partial charge < -0.3 is 15.5 Å². The molecule has 4 aliphatic carbocycles. The van der Waals surface area contributed by atoms with Crippen LogP contribution in [-0.2, 0) is 4.79 Å². The number of fused-ring (bicyclic) bond motifs is 6. The quantitative estimate of drug-likeness (QED) is 0.555. The van der Waals surface area contributed by atoms with Crippen LogP contribution in [0.15, 0.2) is 78.9 Å². The molecule has 1 saturated heterocycles. The zero-order valence-electron chi connectivity index (χ0n) is 21.8. The van der Waals surface area contributed by atoms with Crippen LogP contribution in [0.3, 0.4) is 0 Å². The molecule has 5 heteroatoms. The lowest BCUT2D eigenvalue weighted by atomic mass is 9.61. The second-order valence-electron chi connectivity index (χ2n) is 12.0. The summed E-state index contributed by atoms with van der Waals surface area (Å²) >= 11 is 0. The molecule has 6 aliphatic rings. The number of hydrogen-bond donors (Lipinski definition) is 2. The lowest BCUT2D eigenvalue weighted by Gasteiger charge is -2.50. The molecule has 5 nitrogen and oxygen atoms in total. The number of hydrogen-bond acceptors (Lipinski definition) is 3. The number of carbonyl (C=O) groups is 2. The third kappa shape index (κ3) is 3.98. The standard InChI is InChI=1S/C33H37N3O2/c37-32(24-11-5-2-6-12-24)35-30-23-17-15-21(16-18-23)28(30)33(38)36-20-19-26-29(22-9-3-1-4-10-22)34-27-14-8-7-13-25(27)31(26)36/h1-9,11-14,21-23,26,28-31,34H,10,15-20H2,(H,35,37)/t21?,22?,23?,26-,28-,29+,30+,31+/m1/s1. The summed E-state index contributed by atoms with van der Waals surface area (Å²) in [4.78, 5) is 30.0. The number of amides is 2. The van der Waals surface area contributed by atoms with Gasteiger partial charge in [-0.05, 0) is 74.1 Å². The Bertz CT molecular complexity index is 1260. The van der Waals surface area contributed by atoms with E-state index >= 15 is 0 Å². The Morgan fingerprint density at radius 1 is 0.868 bits per heavy atom. The molecule has 2 aliphatic heterocycles. The second-order valence-corrected chi connectivity index (χ2v) is 12.0. The van der Waals surface area contributed by atoms with E-state index in [9.17, 15) is 9.59 Å². The Hall–Kier alpha value is -3.34. The fraction of sp³-hybridized carbons (Fsp3) is 0.455. The van der Waals surface area contributed by atoms with Crippen molar-refractivity contribution in [1.82, 2.24) is 10.2 Å². The van der Waals surface area contributed by atoms with Crippen LogP contribution < -0.4 is 10.6 Å². The van der Waals surface area contributed by atoms with Gasteiger partial charge in [-0.3, -0.25) is 9.59 Å². The maximum absolute atomic E-state index is 14.6. The Morgan fingerprint density at radius 2 is 1.63 bits per heavy atom. The van der Waals surface area contributed by atoms with Crippen molar-refractivity contribution in [3.05, 3.63) is 90.0 Å². The van der Waals surface area contributed by atoms with Gasteiger partial charge >= 0.3 is 0 Å². The topological polar surface area (TPSA) is 61.4 Å².